The summed E-state index contributed by atoms with van der Waals surface area (Å²) in [6, 6.07) is 35.4. The lowest BCUT2D eigenvalue weighted by Gasteiger charge is -2.22. The lowest BCUT2D eigenvalue weighted by molar-refractivity contribution is -0.00221. The zero-order chi connectivity index (χ0) is 34.7. The van der Waals surface area contributed by atoms with Crippen molar-refractivity contribution in [2.75, 3.05) is 0 Å². The Kier molecular flexibility index (Phi) is 15.6. The molecule has 0 saturated heterocycles. The zero-order valence-corrected chi connectivity index (χ0v) is 28.0. The Balaban J connectivity index is 0.000000261. The minimum absolute atomic E-state index is 0.291. The smallest absolute Gasteiger partial charge is 0.338 e. The van der Waals surface area contributed by atoms with Gasteiger partial charge in [-0.05, 0) is 75.2 Å². The van der Waals surface area contributed by atoms with Gasteiger partial charge in [-0.15, -0.1) is 0 Å². The summed E-state index contributed by atoms with van der Waals surface area (Å²) in [7, 11) is 0. The van der Waals surface area contributed by atoms with Gasteiger partial charge in [0, 0.05) is 12.8 Å². The molecular formula is C40H44O8. The van der Waals surface area contributed by atoms with Gasteiger partial charge in [0.25, 0.3) is 0 Å². The third kappa shape index (κ3) is 12.9. The second-order valence-corrected chi connectivity index (χ2v) is 11.2. The Morgan fingerprint density at radius 2 is 0.667 bits per heavy atom. The van der Waals surface area contributed by atoms with Crippen molar-refractivity contribution < 1.29 is 38.1 Å². The molecule has 4 atom stereocenters. The van der Waals surface area contributed by atoms with E-state index in [1.165, 1.54) is 0 Å². The number of ether oxygens (including phenoxy) is 4. The molecule has 48 heavy (non-hydrogen) atoms. The van der Waals surface area contributed by atoms with Crippen molar-refractivity contribution in [2.45, 2.75) is 77.8 Å². The first-order valence-corrected chi connectivity index (χ1v) is 16.2. The van der Waals surface area contributed by atoms with Crippen LogP contribution in [0.1, 0.15) is 94.8 Å². The van der Waals surface area contributed by atoms with Crippen LogP contribution in [0.2, 0.25) is 0 Å². The van der Waals surface area contributed by atoms with Crippen molar-refractivity contribution in [2.24, 2.45) is 0 Å². The standard InChI is InChI=1S/C21H24O4.C19H20O4/c1-3-18(24-20(22)16-11-7-5-8-12-16)15-19(4-2)25-21(23)17-13-9-6-10-14-17;1-14(22-18(20)16-9-5-3-6-10-16)13-15(2)23-19(21)17-11-7-4-8-12-17/h5-14,18-19H,3-4,15H2,1-2H3;3-12,14-15H,13H2,1-2H3. The van der Waals surface area contributed by atoms with Crippen molar-refractivity contribution in [1.82, 2.24) is 0 Å². The van der Waals surface area contributed by atoms with E-state index in [9.17, 15) is 19.2 Å². The first-order chi connectivity index (χ1) is 23.2. The number of carbonyl (C=O) groups excluding carboxylic acids is 4. The van der Waals surface area contributed by atoms with Gasteiger partial charge in [-0.25, -0.2) is 19.2 Å². The normalized spacial score (nSPS) is 12.9. The summed E-state index contributed by atoms with van der Waals surface area (Å²) in [6.45, 7) is 7.48. The number of esters is 4. The van der Waals surface area contributed by atoms with Crippen molar-refractivity contribution in [1.29, 1.82) is 0 Å². The topological polar surface area (TPSA) is 105 Å². The maximum absolute atomic E-state index is 12.2. The van der Waals surface area contributed by atoms with Crippen LogP contribution in [0, 0.1) is 0 Å². The first-order valence-electron chi connectivity index (χ1n) is 16.2. The molecule has 8 heteroatoms. The summed E-state index contributed by atoms with van der Waals surface area (Å²) < 4.78 is 21.9. The minimum atomic E-state index is -0.375. The lowest BCUT2D eigenvalue weighted by Crippen LogP contribution is -2.26. The molecule has 4 aromatic carbocycles. The number of rotatable bonds is 14. The number of hydrogen-bond donors (Lipinski definition) is 0. The molecule has 0 aliphatic heterocycles. The first kappa shape index (κ1) is 37.2. The van der Waals surface area contributed by atoms with Gasteiger partial charge in [0.05, 0.1) is 22.3 Å². The van der Waals surface area contributed by atoms with E-state index in [2.05, 4.69) is 0 Å². The number of benzene rings is 4. The molecule has 0 aliphatic rings. The molecule has 252 valence electrons. The molecule has 0 saturated carbocycles. The van der Waals surface area contributed by atoms with Gasteiger partial charge in [0.1, 0.15) is 24.4 Å². The van der Waals surface area contributed by atoms with Gasteiger partial charge in [0.15, 0.2) is 0 Å². The monoisotopic (exact) mass is 652 g/mol. The van der Waals surface area contributed by atoms with E-state index in [1.807, 2.05) is 38.1 Å². The Morgan fingerprint density at radius 1 is 0.417 bits per heavy atom. The zero-order valence-electron chi connectivity index (χ0n) is 28.0. The Bertz CT molecular complexity index is 1420. The maximum Gasteiger partial charge on any atom is 0.338 e. The van der Waals surface area contributed by atoms with E-state index < -0.39 is 0 Å². The molecule has 0 spiro atoms. The van der Waals surface area contributed by atoms with Crippen LogP contribution in [-0.4, -0.2) is 48.3 Å². The molecule has 0 N–H and O–H groups in total. The van der Waals surface area contributed by atoms with Gasteiger partial charge in [-0.2, -0.15) is 0 Å². The third-order valence-corrected chi connectivity index (χ3v) is 7.30. The summed E-state index contributed by atoms with van der Waals surface area (Å²) in [5, 5.41) is 0. The molecular weight excluding hydrogens is 608 g/mol. The minimum Gasteiger partial charge on any atom is -0.459 e. The van der Waals surface area contributed by atoms with E-state index in [4.69, 9.17) is 18.9 Å². The molecule has 4 unspecified atom stereocenters. The van der Waals surface area contributed by atoms with E-state index >= 15 is 0 Å². The highest BCUT2D eigenvalue weighted by atomic mass is 16.6. The number of carbonyl (C=O) groups is 4. The highest BCUT2D eigenvalue weighted by Crippen LogP contribution is 2.17. The molecule has 0 aliphatic carbocycles. The van der Waals surface area contributed by atoms with E-state index in [1.54, 1.807) is 111 Å². The summed E-state index contributed by atoms with van der Waals surface area (Å²) in [6.07, 6.45) is 0.988. The van der Waals surface area contributed by atoms with Crippen LogP contribution < -0.4 is 0 Å². The van der Waals surface area contributed by atoms with E-state index in [0.717, 1.165) is 0 Å². The largest absolute Gasteiger partial charge is 0.459 e. The Morgan fingerprint density at radius 3 is 0.917 bits per heavy atom. The molecule has 0 heterocycles. The SMILES string of the molecule is CC(CC(C)OC(=O)c1ccccc1)OC(=O)c1ccccc1.CCC(CC(CC)OC(=O)c1ccccc1)OC(=O)c1ccccc1. The third-order valence-electron chi connectivity index (χ3n) is 7.30. The highest BCUT2D eigenvalue weighted by molar-refractivity contribution is 5.91. The summed E-state index contributed by atoms with van der Waals surface area (Å²) in [5.41, 5.74) is 2.06. The second-order valence-electron chi connectivity index (χ2n) is 11.2. The summed E-state index contributed by atoms with van der Waals surface area (Å²) in [5.74, 6) is -1.45. The molecule has 0 amide bonds. The lowest BCUT2D eigenvalue weighted by atomic mass is 10.1. The fourth-order valence-electron chi connectivity index (χ4n) is 4.69. The molecule has 8 nitrogen and oxygen atoms in total. The van der Waals surface area contributed by atoms with Gasteiger partial charge in [-0.3, -0.25) is 0 Å². The summed E-state index contributed by atoms with van der Waals surface area (Å²) in [4.78, 5) is 48.3. The van der Waals surface area contributed by atoms with Crippen molar-refractivity contribution >= 4 is 23.9 Å². The number of hydrogen-bond acceptors (Lipinski definition) is 8. The highest BCUT2D eigenvalue weighted by Gasteiger charge is 2.22. The van der Waals surface area contributed by atoms with Crippen LogP contribution in [0.4, 0.5) is 0 Å². The fourth-order valence-corrected chi connectivity index (χ4v) is 4.69. The van der Waals surface area contributed by atoms with Gasteiger partial charge >= 0.3 is 23.9 Å². The van der Waals surface area contributed by atoms with Crippen LogP contribution >= 0.6 is 0 Å². The van der Waals surface area contributed by atoms with Gasteiger partial charge in [0.2, 0.25) is 0 Å². The predicted molar refractivity (Wildman–Crippen MR) is 184 cm³/mol. The molecule has 4 rings (SSSR count). The predicted octanol–water partition coefficient (Wildman–Crippen LogP) is 8.52. The molecule has 0 aromatic heterocycles. The quantitative estimate of drug-likeness (QED) is 0.0986. The van der Waals surface area contributed by atoms with Crippen molar-refractivity contribution in [3.63, 3.8) is 0 Å². The Hall–Kier alpha value is -5.24. The fraction of sp³-hybridized carbons (Fsp3) is 0.300. The van der Waals surface area contributed by atoms with Crippen LogP contribution in [-0.2, 0) is 18.9 Å². The van der Waals surface area contributed by atoms with Gasteiger partial charge < -0.3 is 18.9 Å². The average molecular weight is 653 g/mol. The Labute approximate surface area is 283 Å². The van der Waals surface area contributed by atoms with Crippen LogP contribution in [0.5, 0.6) is 0 Å². The second kappa shape index (κ2) is 20.1. The van der Waals surface area contributed by atoms with E-state index in [-0.39, 0.29) is 48.3 Å². The van der Waals surface area contributed by atoms with Crippen molar-refractivity contribution in [3.8, 4) is 0 Å². The average Bonchev–Trinajstić information content (AvgIpc) is 3.12. The maximum atomic E-state index is 12.2. The van der Waals surface area contributed by atoms with Crippen LogP contribution in [0.3, 0.4) is 0 Å². The molecule has 4 aromatic rings. The molecule has 0 bridgehead atoms. The molecule has 0 fully saturated rings. The van der Waals surface area contributed by atoms with Crippen LogP contribution in [0.15, 0.2) is 121 Å². The van der Waals surface area contributed by atoms with Crippen molar-refractivity contribution in [3.05, 3.63) is 144 Å². The van der Waals surface area contributed by atoms with Crippen LogP contribution in [0.25, 0.3) is 0 Å². The molecule has 0 radical (unpaired) electrons. The summed E-state index contributed by atoms with van der Waals surface area (Å²) >= 11 is 0. The van der Waals surface area contributed by atoms with E-state index in [0.29, 0.717) is 47.9 Å². The van der Waals surface area contributed by atoms with Gasteiger partial charge in [-0.1, -0.05) is 86.6 Å².